The minimum absolute atomic E-state index is 0.0234. The van der Waals surface area contributed by atoms with E-state index in [0.717, 1.165) is 52.0 Å². The molecule has 0 atom stereocenters. The van der Waals surface area contributed by atoms with E-state index in [1.807, 2.05) is 4.90 Å². The van der Waals surface area contributed by atoms with Gasteiger partial charge in [-0.15, -0.1) is 0 Å². The Bertz CT molecular complexity index is 554. The number of aromatic nitrogens is 1. The van der Waals surface area contributed by atoms with Gasteiger partial charge in [0.1, 0.15) is 5.69 Å². The summed E-state index contributed by atoms with van der Waals surface area (Å²) < 4.78 is 0. The highest BCUT2D eigenvalue weighted by atomic mass is 35.5. The molecule has 1 spiro atoms. The Labute approximate surface area is 143 Å². The number of carbonyl (C=O) groups excluding carboxylic acids is 1. The number of likely N-dealkylation sites (tertiary alicyclic amines) is 1. The monoisotopic (exact) mass is 336 g/mol. The first-order chi connectivity index (χ1) is 11.0. The molecule has 2 aliphatic rings. The Morgan fingerprint density at radius 1 is 1.17 bits per heavy atom. The van der Waals surface area contributed by atoms with Crippen molar-refractivity contribution in [3.63, 3.8) is 0 Å². The minimum atomic E-state index is 0.0234. The third-order valence-corrected chi connectivity index (χ3v) is 5.59. The summed E-state index contributed by atoms with van der Waals surface area (Å²) >= 11 is 5.88. The van der Waals surface area contributed by atoms with Crippen LogP contribution >= 0.6 is 11.6 Å². The van der Waals surface area contributed by atoms with Gasteiger partial charge in [0, 0.05) is 31.4 Å². The second kappa shape index (κ2) is 6.75. The summed E-state index contributed by atoms with van der Waals surface area (Å²) in [6.45, 7) is 4.81. The summed E-state index contributed by atoms with van der Waals surface area (Å²) in [7, 11) is 4.38. The van der Waals surface area contributed by atoms with Gasteiger partial charge in [0.05, 0.1) is 5.02 Å². The van der Waals surface area contributed by atoms with Crippen LogP contribution < -0.4 is 0 Å². The summed E-state index contributed by atoms with van der Waals surface area (Å²) in [6, 6.07) is 3.46. The van der Waals surface area contributed by atoms with Gasteiger partial charge in [-0.1, -0.05) is 11.6 Å². The van der Waals surface area contributed by atoms with Crippen LogP contribution in [0.4, 0.5) is 0 Å². The smallest absolute Gasteiger partial charge is 0.272 e. The van der Waals surface area contributed by atoms with Gasteiger partial charge in [-0.3, -0.25) is 9.69 Å². The number of nitrogens with zero attached hydrogens (tertiary/aromatic N) is 4. The summed E-state index contributed by atoms with van der Waals surface area (Å²) in [6.07, 6.45) is 4.77. The highest BCUT2D eigenvalue weighted by Crippen LogP contribution is 2.31. The SMILES string of the molecule is CN1CCC2(CC1)CN(C(=O)c1ccc(Cl)cn1)CCCN2C. The van der Waals surface area contributed by atoms with Crippen LogP contribution in [-0.4, -0.2) is 77.9 Å². The van der Waals surface area contributed by atoms with Crippen molar-refractivity contribution in [3.05, 3.63) is 29.0 Å². The largest absolute Gasteiger partial charge is 0.335 e. The molecule has 3 heterocycles. The zero-order chi connectivity index (χ0) is 16.4. The maximum atomic E-state index is 12.9. The number of likely N-dealkylation sites (N-methyl/N-ethyl adjacent to an activating group) is 1. The summed E-state index contributed by atoms with van der Waals surface area (Å²) in [4.78, 5) is 23.9. The first-order valence-electron chi connectivity index (χ1n) is 8.31. The van der Waals surface area contributed by atoms with E-state index in [1.54, 1.807) is 18.3 Å². The Morgan fingerprint density at radius 2 is 1.91 bits per heavy atom. The van der Waals surface area contributed by atoms with Crippen molar-refractivity contribution in [2.24, 2.45) is 0 Å². The first-order valence-corrected chi connectivity index (χ1v) is 8.69. The Balaban J connectivity index is 1.79. The highest BCUT2D eigenvalue weighted by molar-refractivity contribution is 6.30. The van der Waals surface area contributed by atoms with Crippen LogP contribution in [0.2, 0.25) is 5.02 Å². The Kier molecular flexibility index (Phi) is 4.90. The third-order valence-electron chi connectivity index (χ3n) is 5.37. The number of rotatable bonds is 1. The van der Waals surface area contributed by atoms with Crippen molar-refractivity contribution in [1.29, 1.82) is 0 Å². The number of amides is 1. The first kappa shape index (κ1) is 16.7. The second-order valence-corrected chi connectivity index (χ2v) is 7.33. The van der Waals surface area contributed by atoms with E-state index in [1.165, 1.54) is 0 Å². The predicted molar refractivity (Wildman–Crippen MR) is 91.9 cm³/mol. The van der Waals surface area contributed by atoms with Crippen LogP contribution in [0.25, 0.3) is 0 Å². The van der Waals surface area contributed by atoms with Gasteiger partial charge < -0.3 is 9.80 Å². The molecule has 1 aromatic rings. The molecule has 1 aromatic heterocycles. The zero-order valence-corrected chi connectivity index (χ0v) is 14.7. The van der Waals surface area contributed by atoms with Crippen molar-refractivity contribution in [1.82, 2.24) is 19.7 Å². The summed E-state index contributed by atoms with van der Waals surface area (Å²) in [5.74, 6) is 0.0234. The average molecular weight is 337 g/mol. The van der Waals surface area contributed by atoms with E-state index >= 15 is 0 Å². The maximum Gasteiger partial charge on any atom is 0.272 e. The van der Waals surface area contributed by atoms with Gasteiger partial charge in [-0.2, -0.15) is 0 Å². The van der Waals surface area contributed by atoms with Gasteiger partial charge in [-0.05, 0) is 58.6 Å². The topological polar surface area (TPSA) is 39.7 Å². The molecule has 2 aliphatic heterocycles. The molecule has 0 radical (unpaired) electrons. The van der Waals surface area contributed by atoms with Crippen molar-refractivity contribution in [2.75, 3.05) is 46.8 Å². The normalized spacial score (nSPS) is 23.0. The maximum absolute atomic E-state index is 12.9. The molecule has 0 unspecified atom stereocenters. The number of hydrogen-bond donors (Lipinski definition) is 0. The van der Waals surface area contributed by atoms with Crippen LogP contribution in [0.1, 0.15) is 29.8 Å². The molecule has 0 aromatic carbocycles. The Morgan fingerprint density at radius 3 is 2.57 bits per heavy atom. The highest BCUT2D eigenvalue weighted by Gasteiger charge is 2.41. The quantitative estimate of drug-likeness (QED) is 0.786. The number of hydrogen-bond acceptors (Lipinski definition) is 4. The number of pyridine rings is 1. The fourth-order valence-electron chi connectivity index (χ4n) is 3.70. The third kappa shape index (κ3) is 3.52. The van der Waals surface area contributed by atoms with E-state index in [2.05, 4.69) is 28.9 Å². The summed E-state index contributed by atoms with van der Waals surface area (Å²) in [5, 5.41) is 0.559. The average Bonchev–Trinajstić information content (AvgIpc) is 2.71. The van der Waals surface area contributed by atoms with Crippen molar-refractivity contribution in [2.45, 2.75) is 24.8 Å². The van der Waals surface area contributed by atoms with Gasteiger partial charge in [0.15, 0.2) is 0 Å². The molecule has 5 nitrogen and oxygen atoms in total. The van der Waals surface area contributed by atoms with E-state index in [4.69, 9.17) is 11.6 Å². The molecule has 0 bridgehead atoms. The van der Waals surface area contributed by atoms with Gasteiger partial charge >= 0.3 is 0 Å². The van der Waals surface area contributed by atoms with E-state index in [0.29, 0.717) is 10.7 Å². The minimum Gasteiger partial charge on any atom is -0.335 e. The fraction of sp³-hybridized carbons (Fsp3) is 0.647. The van der Waals surface area contributed by atoms with Crippen LogP contribution in [0.5, 0.6) is 0 Å². The number of halogens is 1. The molecule has 0 saturated carbocycles. The molecule has 6 heteroatoms. The van der Waals surface area contributed by atoms with Crippen LogP contribution in [-0.2, 0) is 0 Å². The number of piperidine rings is 1. The molecule has 23 heavy (non-hydrogen) atoms. The van der Waals surface area contributed by atoms with Crippen LogP contribution in [0.15, 0.2) is 18.3 Å². The van der Waals surface area contributed by atoms with Crippen LogP contribution in [0, 0.1) is 0 Å². The van der Waals surface area contributed by atoms with Crippen molar-refractivity contribution < 1.29 is 4.79 Å². The lowest BCUT2D eigenvalue weighted by molar-refractivity contribution is 0.0314. The number of carbonyl (C=O) groups is 1. The fourth-order valence-corrected chi connectivity index (χ4v) is 3.82. The molecule has 2 fully saturated rings. The van der Waals surface area contributed by atoms with Crippen molar-refractivity contribution in [3.8, 4) is 0 Å². The molecule has 0 aliphatic carbocycles. The summed E-state index contributed by atoms with van der Waals surface area (Å²) in [5.41, 5.74) is 0.590. The van der Waals surface area contributed by atoms with Gasteiger partial charge in [0.25, 0.3) is 5.91 Å². The van der Waals surface area contributed by atoms with E-state index < -0.39 is 0 Å². The van der Waals surface area contributed by atoms with Crippen molar-refractivity contribution >= 4 is 17.5 Å². The molecule has 0 N–H and O–H groups in total. The molecule has 126 valence electrons. The van der Waals surface area contributed by atoms with E-state index in [-0.39, 0.29) is 11.4 Å². The molecule has 2 saturated heterocycles. The second-order valence-electron chi connectivity index (χ2n) is 6.89. The van der Waals surface area contributed by atoms with Gasteiger partial charge in [0.2, 0.25) is 0 Å². The molecular weight excluding hydrogens is 312 g/mol. The Hall–Kier alpha value is -1.17. The lowest BCUT2D eigenvalue weighted by atomic mass is 9.85. The zero-order valence-electron chi connectivity index (χ0n) is 14.0. The van der Waals surface area contributed by atoms with Crippen LogP contribution in [0.3, 0.4) is 0 Å². The standard InChI is InChI=1S/C17H25ClN4O/c1-20-10-6-17(7-11-20)13-22(9-3-8-21(17)2)16(23)15-5-4-14(18)12-19-15/h4-5,12H,3,6-11,13H2,1-2H3. The molecular formula is C17H25ClN4O. The molecule has 1 amide bonds. The lowest BCUT2D eigenvalue weighted by Crippen LogP contribution is -2.58. The predicted octanol–water partition coefficient (Wildman–Crippen LogP) is 1.98. The van der Waals surface area contributed by atoms with E-state index in [9.17, 15) is 4.79 Å². The lowest BCUT2D eigenvalue weighted by Gasteiger charge is -2.47. The molecule has 3 rings (SSSR count). The van der Waals surface area contributed by atoms with Gasteiger partial charge in [-0.25, -0.2) is 4.98 Å².